The lowest BCUT2D eigenvalue weighted by Gasteiger charge is -2.28. The molecule has 23 nitrogen and oxygen atoms in total. The van der Waals surface area contributed by atoms with Gasteiger partial charge >= 0.3 is 11.9 Å². The fourth-order valence-corrected chi connectivity index (χ4v) is 8.48. The molecule has 0 bridgehead atoms. The van der Waals surface area contributed by atoms with Gasteiger partial charge in [-0.2, -0.15) is 0 Å². The summed E-state index contributed by atoms with van der Waals surface area (Å²) in [5.41, 5.74) is 13.7. The zero-order valence-electron chi connectivity index (χ0n) is 44.5. The molecule has 4 rings (SSSR count). The number of ether oxygens (including phenoxy) is 1. The van der Waals surface area contributed by atoms with Crippen LogP contribution >= 0.6 is 0 Å². The van der Waals surface area contributed by atoms with Crippen LogP contribution in [0.3, 0.4) is 0 Å². The predicted octanol–water partition coefficient (Wildman–Crippen LogP) is 1.30. The van der Waals surface area contributed by atoms with Gasteiger partial charge in [-0.25, -0.2) is 9.59 Å². The second-order valence-electron chi connectivity index (χ2n) is 19.2. The number of aromatic nitrogens is 1. The summed E-state index contributed by atoms with van der Waals surface area (Å²) in [6.07, 6.45) is 5.97. The molecule has 0 aliphatic carbocycles. The van der Waals surface area contributed by atoms with Crippen LogP contribution < -0.4 is 43.4 Å². The maximum atomic E-state index is 14.5. The molecule has 416 valence electrons. The van der Waals surface area contributed by atoms with Gasteiger partial charge in [-0.1, -0.05) is 99.7 Å². The van der Waals surface area contributed by atoms with Gasteiger partial charge in [0.25, 0.3) is 5.91 Å². The summed E-state index contributed by atoms with van der Waals surface area (Å²) in [5, 5.41) is 36.6. The van der Waals surface area contributed by atoms with E-state index in [2.05, 4.69) is 48.5 Å². The average Bonchev–Trinajstić information content (AvgIpc) is 3.80. The molecule has 0 unspecified atom stereocenters. The minimum absolute atomic E-state index is 0.0111. The van der Waals surface area contributed by atoms with E-state index in [1.54, 1.807) is 50.6 Å². The van der Waals surface area contributed by atoms with Crippen molar-refractivity contribution in [2.45, 2.75) is 115 Å². The summed E-state index contributed by atoms with van der Waals surface area (Å²) in [5.74, 6) is -12.6. The Hall–Kier alpha value is -8.34. The summed E-state index contributed by atoms with van der Waals surface area (Å²) in [7, 11) is 2.82. The molecule has 0 radical (unpaired) electrons. The van der Waals surface area contributed by atoms with E-state index < -0.39 is 120 Å². The molecule has 0 saturated carbocycles. The van der Waals surface area contributed by atoms with E-state index in [1.807, 2.05) is 43.3 Å². The molecule has 2 aromatic carbocycles. The lowest BCUT2D eigenvalue weighted by Crippen LogP contribution is -2.59. The molecule has 77 heavy (non-hydrogen) atoms. The lowest BCUT2D eigenvalue weighted by molar-refractivity contribution is -0.146. The number of nitrogens with two attached hydrogens (primary N) is 2. The molecular formula is C54H73N11O12. The first kappa shape index (κ1) is 61.2. The van der Waals surface area contributed by atoms with E-state index >= 15 is 0 Å². The fraction of sp³-hybridized carbons (Fsp3) is 0.444. The number of aliphatic carboxylic acids is 2. The quantitative estimate of drug-likeness (QED) is 0.0336. The summed E-state index contributed by atoms with van der Waals surface area (Å²) in [6.45, 7) is 11.4. The Morgan fingerprint density at radius 2 is 1.47 bits per heavy atom. The number of carbonyl (C=O) groups excluding carboxylic acids is 7. The van der Waals surface area contributed by atoms with Crippen LogP contribution in [0, 0.1) is 17.8 Å². The van der Waals surface area contributed by atoms with Gasteiger partial charge in [0.2, 0.25) is 35.4 Å². The van der Waals surface area contributed by atoms with E-state index in [1.165, 1.54) is 33.9 Å². The van der Waals surface area contributed by atoms with Gasteiger partial charge in [0.15, 0.2) is 5.96 Å². The number of rotatable bonds is 15. The van der Waals surface area contributed by atoms with Crippen molar-refractivity contribution >= 4 is 70.2 Å². The van der Waals surface area contributed by atoms with Gasteiger partial charge in [0.1, 0.15) is 35.9 Å². The molecular weight excluding hydrogens is 995 g/mol. The number of guanidine groups is 1. The van der Waals surface area contributed by atoms with Gasteiger partial charge in [0, 0.05) is 56.6 Å². The smallest absolute Gasteiger partial charge is 0.327 e. The number of hydrogen-bond acceptors (Lipinski definition) is 11. The van der Waals surface area contributed by atoms with E-state index in [9.17, 15) is 53.4 Å². The number of nitrogens with zero attached hydrogens (tertiary/aromatic N) is 2. The third-order valence-electron chi connectivity index (χ3n) is 13.4. The highest BCUT2D eigenvalue weighted by Gasteiger charge is 2.37. The Bertz CT molecular complexity index is 2720. The number of carbonyl (C=O) groups is 9. The van der Waals surface area contributed by atoms with Crippen molar-refractivity contribution in [3.63, 3.8) is 0 Å². The molecule has 1 fully saturated rings. The number of amides is 7. The molecule has 1 aliphatic rings. The van der Waals surface area contributed by atoms with Crippen LogP contribution in [-0.2, 0) is 60.7 Å². The van der Waals surface area contributed by atoms with Crippen LogP contribution in [0.4, 0.5) is 0 Å². The molecule has 1 saturated heterocycles. The van der Waals surface area contributed by atoms with E-state index in [-0.39, 0.29) is 43.8 Å². The summed E-state index contributed by atoms with van der Waals surface area (Å²) >= 11 is 0. The van der Waals surface area contributed by atoms with Crippen LogP contribution in [0.25, 0.3) is 10.9 Å². The highest BCUT2D eigenvalue weighted by atomic mass is 16.5. The first-order valence-electron chi connectivity index (χ1n) is 25.2. The highest BCUT2D eigenvalue weighted by molar-refractivity contribution is 6.00. The van der Waals surface area contributed by atoms with Crippen LogP contribution in [0.5, 0.6) is 0 Å². The van der Waals surface area contributed by atoms with Gasteiger partial charge in [-0.05, 0) is 56.7 Å². The SMILES string of the molecule is C=C1C(=O)N[C@H](C)C(=O)N[C@@H](Cc2c[nH]c3ccccc23)C(=O)N[C@@H](C(=O)O)[C@H](C)C(=O)N[C@@H](CCCN=C(N)N)C(=O)N[C@@H](/C=C/C(C)=C/[C@H](C)[C@H](Cc2ccccc2)OC)[C@H](C)C(=O)N[C@@H](C(=O)O)CCC(=O)N1C. The normalized spacial score (nSPS) is 24.2. The van der Waals surface area contributed by atoms with Crippen molar-refractivity contribution < 1.29 is 58.1 Å². The van der Waals surface area contributed by atoms with Crippen molar-refractivity contribution in [3.8, 4) is 0 Å². The van der Waals surface area contributed by atoms with Crippen molar-refractivity contribution in [2.24, 2.45) is 34.2 Å². The van der Waals surface area contributed by atoms with Crippen molar-refractivity contribution in [3.05, 3.63) is 108 Å². The van der Waals surface area contributed by atoms with Crippen LogP contribution in [0.15, 0.2) is 102 Å². The Labute approximate surface area is 447 Å². The number of carboxylic acid groups (broad SMARTS) is 2. The molecule has 7 amide bonds. The van der Waals surface area contributed by atoms with Crippen molar-refractivity contribution in [1.82, 2.24) is 41.8 Å². The number of benzene rings is 2. The molecule has 3 aromatic rings. The standard InChI is InChI=1S/C54H73N11O12/c1-29(25-30(2)43(77-8)26-35-15-10-9-11-16-35)20-21-38-31(3)46(67)62-41(52(73)74)22-23-44(66)65(7)34(6)49(70)59-33(5)48(69)63-42(27-36-28-58-39-18-13-12-17-37(36)39)51(72)64-45(53(75)76)32(4)47(68)61-40(50(71)60-38)19-14-24-57-54(55)56/h9-13,15-18,20-21,25,28,30-33,38,40-43,45,58H,6,14,19,22-24,26-27H2,1-5,7-8H3,(H,59,70)(H,60,71)(H,61,68)(H,62,67)(H,63,69)(H,64,72)(H,73,74)(H,75,76)(H4,55,56,57)/b21-20+,29-25+/t30-,31-,32-,33+,38-,40-,41+,42-,43-,45+/m0/s1. The first-order chi connectivity index (χ1) is 36.4. The molecule has 1 aromatic heterocycles. The Morgan fingerprint density at radius 3 is 2.12 bits per heavy atom. The molecule has 1 aliphatic heterocycles. The molecule has 10 atom stereocenters. The number of para-hydroxylation sites is 1. The van der Waals surface area contributed by atoms with E-state index in [4.69, 9.17) is 16.2 Å². The minimum atomic E-state index is -1.94. The summed E-state index contributed by atoms with van der Waals surface area (Å²) in [4.78, 5) is 131. The number of aromatic amines is 1. The second-order valence-corrected chi connectivity index (χ2v) is 19.2. The van der Waals surface area contributed by atoms with Gasteiger partial charge in [-0.15, -0.1) is 0 Å². The van der Waals surface area contributed by atoms with Crippen molar-refractivity contribution in [1.29, 1.82) is 0 Å². The molecule has 2 heterocycles. The number of methoxy groups -OCH3 is 1. The van der Waals surface area contributed by atoms with Gasteiger partial charge in [0.05, 0.1) is 24.0 Å². The third-order valence-corrected chi connectivity index (χ3v) is 13.4. The molecule has 0 spiro atoms. The summed E-state index contributed by atoms with van der Waals surface area (Å²) in [6, 6.07) is 7.76. The second kappa shape index (κ2) is 29.1. The Kier molecular flexibility index (Phi) is 23.1. The first-order valence-corrected chi connectivity index (χ1v) is 25.2. The zero-order chi connectivity index (χ0) is 57.1. The van der Waals surface area contributed by atoms with Crippen LogP contribution in [-0.4, -0.2) is 142 Å². The van der Waals surface area contributed by atoms with Gasteiger partial charge < -0.3 is 68.2 Å². The van der Waals surface area contributed by atoms with Crippen LogP contribution in [0.1, 0.15) is 71.4 Å². The predicted molar refractivity (Wildman–Crippen MR) is 287 cm³/mol. The minimum Gasteiger partial charge on any atom is -0.480 e. The van der Waals surface area contributed by atoms with E-state index in [0.717, 1.165) is 10.5 Å². The number of nitrogens with one attached hydrogen (secondary N) is 7. The topological polar surface area (TPSA) is 359 Å². The number of H-pyrrole nitrogens is 1. The van der Waals surface area contributed by atoms with E-state index in [0.29, 0.717) is 28.5 Å². The van der Waals surface area contributed by atoms with Crippen molar-refractivity contribution in [2.75, 3.05) is 20.7 Å². The number of fused-ring (bicyclic) bond motifs is 1. The average molecular weight is 1070 g/mol. The lowest BCUT2D eigenvalue weighted by atomic mass is 9.94. The van der Waals surface area contributed by atoms with Crippen LogP contribution in [0.2, 0.25) is 0 Å². The number of hydrogen-bond donors (Lipinski definition) is 11. The molecule has 23 heteroatoms. The number of carboxylic acids is 2. The Morgan fingerprint density at radius 1 is 0.831 bits per heavy atom. The third kappa shape index (κ3) is 18.2. The zero-order valence-corrected chi connectivity index (χ0v) is 44.5. The maximum Gasteiger partial charge on any atom is 0.327 e. The number of aliphatic imine (C=N–C) groups is 1. The van der Waals surface area contributed by atoms with Gasteiger partial charge in [-0.3, -0.25) is 38.6 Å². The number of likely N-dealkylation sites (N-methyl/N-ethyl adjacent to an activating group) is 1. The molecule has 13 N–H and O–H groups in total. The fourth-order valence-electron chi connectivity index (χ4n) is 8.48. The number of allylic oxidation sites excluding steroid dienone is 2. The Balaban J connectivity index is 1.78. The highest BCUT2D eigenvalue weighted by Crippen LogP contribution is 2.21. The monoisotopic (exact) mass is 1070 g/mol. The maximum absolute atomic E-state index is 14.5. The largest absolute Gasteiger partial charge is 0.480 e. The summed E-state index contributed by atoms with van der Waals surface area (Å²) < 4.78 is 5.83.